The topological polar surface area (TPSA) is 72.5 Å². The minimum atomic E-state index is -0.730. The molecule has 0 aliphatic carbocycles. The van der Waals surface area contributed by atoms with Crippen molar-refractivity contribution in [2.24, 2.45) is 0 Å². The van der Waals surface area contributed by atoms with Gasteiger partial charge in [0.25, 0.3) is 5.91 Å². The van der Waals surface area contributed by atoms with Crippen molar-refractivity contribution in [3.8, 4) is 11.5 Å². The zero-order valence-corrected chi connectivity index (χ0v) is 15.1. The molecule has 6 nitrogen and oxygen atoms in total. The summed E-state index contributed by atoms with van der Waals surface area (Å²) in [5.41, 5.74) is 0.579. The number of methoxy groups -OCH3 is 2. The standard InChI is InChI=1S/C20H17F2N3O3/c1-27-13-7-9-18(28-2)17(10-13)25-20(26)16-8-6-12(11-23-16)24-19-14(21)4-3-5-15(19)22/h3-11,24H,1-2H3,(H,25,26). The predicted octanol–water partition coefficient (Wildman–Crippen LogP) is 4.37. The van der Waals surface area contributed by atoms with E-state index in [1.807, 2.05) is 0 Å². The first-order valence-electron chi connectivity index (χ1n) is 8.22. The lowest BCUT2D eigenvalue weighted by molar-refractivity contribution is 0.102. The summed E-state index contributed by atoms with van der Waals surface area (Å²) in [7, 11) is 3.00. The van der Waals surface area contributed by atoms with Crippen LogP contribution in [-0.4, -0.2) is 25.1 Å². The molecule has 3 rings (SSSR count). The number of aromatic nitrogens is 1. The molecule has 1 aromatic heterocycles. The lowest BCUT2D eigenvalue weighted by Crippen LogP contribution is -2.14. The highest BCUT2D eigenvalue weighted by Crippen LogP contribution is 2.29. The monoisotopic (exact) mass is 385 g/mol. The first-order valence-corrected chi connectivity index (χ1v) is 8.22. The van der Waals surface area contributed by atoms with Gasteiger partial charge in [0.2, 0.25) is 0 Å². The first kappa shape index (κ1) is 19.1. The number of rotatable bonds is 6. The summed E-state index contributed by atoms with van der Waals surface area (Å²) in [6, 6.07) is 11.5. The largest absolute Gasteiger partial charge is 0.497 e. The van der Waals surface area contributed by atoms with Gasteiger partial charge in [-0.25, -0.2) is 13.8 Å². The van der Waals surface area contributed by atoms with Gasteiger partial charge >= 0.3 is 0 Å². The minimum absolute atomic E-state index is 0.115. The molecule has 144 valence electrons. The van der Waals surface area contributed by atoms with Crippen LogP contribution in [-0.2, 0) is 0 Å². The van der Waals surface area contributed by atoms with Crippen molar-refractivity contribution in [1.82, 2.24) is 4.98 Å². The van der Waals surface area contributed by atoms with Gasteiger partial charge in [-0.3, -0.25) is 4.79 Å². The highest BCUT2D eigenvalue weighted by atomic mass is 19.1. The van der Waals surface area contributed by atoms with Crippen LogP contribution in [0.5, 0.6) is 11.5 Å². The molecule has 1 heterocycles. The van der Waals surface area contributed by atoms with Crippen LogP contribution in [0.15, 0.2) is 54.7 Å². The Kier molecular flexibility index (Phi) is 5.69. The number of hydrogen-bond donors (Lipinski definition) is 2. The van der Waals surface area contributed by atoms with Crippen molar-refractivity contribution < 1.29 is 23.0 Å². The number of benzene rings is 2. The van der Waals surface area contributed by atoms with Crippen molar-refractivity contribution in [3.05, 3.63) is 72.1 Å². The number of carbonyl (C=O) groups is 1. The number of pyridine rings is 1. The molecule has 0 aliphatic heterocycles. The maximum atomic E-state index is 13.7. The molecule has 0 atom stereocenters. The van der Waals surface area contributed by atoms with Gasteiger partial charge in [-0.1, -0.05) is 6.07 Å². The molecule has 0 radical (unpaired) electrons. The van der Waals surface area contributed by atoms with Gasteiger partial charge in [0.1, 0.15) is 34.5 Å². The van der Waals surface area contributed by atoms with Crippen LogP contribution < -0.4 is 20.1 Å². The van der Waals surface area contributed by atoms with E-state index in [0.717, 1.165) is 12.1 Å². The number of carbonyl (C=O) groups excluding carboxylic acids is 1. The van der Waals surface area contributed by atoms with E-state index < -0.39 is 17.5 Å². The van der Waals surface area contributed by atoms with Crippen LogP contribution in [0.1, 0.15) is 10.5 Å². The average Bonchev–Trinajstić information content (AvgIpc) is 2.71. The second kappa shape index (κ2) is 8.34. The van der Waals surface area contributed by atoms with E-state index in [2.05, 4.69) is 15.6 Å². The molecule has 0 saturated heterocycles. The van der Waals surface area contributed by atoms with Gasteiger partial charge in [-0.15, -0.1) is 0 Å². The Morgan fingerprint density at radius 1 is 1.00 bits per heavy atom. The molecule has 2 N–H and O–H groups in total. The highest BCUT2D eigenvalue weighted by Gasteiger charge is 2.13. The van der Waals surface area contributed by atoms with Crippen molar-refractivity contribution in [3.63, 3.8) is 0 Å². The third-order valence-corrected chi connectivity index (χ3v) is 3.88. The van der Waals surface area contributed by atoms with Gasteiger partial charge in [0.15, 0.2) is 0 Å². The third kappa shape index (κ3) is 4.17. The van der Waals surface area contributed by atoms with E-state index in [-0.39, 0.29) is 11.4 Å². The molecule has 3 aromatic rings. The molecular weight excluding hydrogens is 368 g/mol. The second-order valence-corrected chi connectivity index (χ2v) is 5.67. The van der Waals surface area contributed by atoms with Gasteiger partial charge in [-0.2, -0.15) is 0 Å². The van der Waals surface area contributed by atoms with Crippen molar-refractivity contribution in [2.45, 2.75) is 0 Å². The smallest absolute Gasteiger partial charge is 0.274 e. The Morgan fingerprint density at radius 3 is 2.36 bits per heavy atom. The maximum Gasteiger partial charge on any atom is 0.274 e. The minimum Gasteiger partial charge on any atom is -0.497 e. The fourth-order valence-corrected chi connectivity index (χ4v) is 2.46. The Labute approximate surface area is 160 Å². The third-order valence-electron chi connectivity index (χ3n) is 3.88. The Bertz CT molecular complexity index is 974. The van der Waals surface area contributed by atoms with Crippen LogP contribution >= 0.6 is 0 Å². The lowest BCUT2D eigenvalue weighted by Gasteiger charge is -2.12. The first-order chi connectivity index (χ1) is 13.5. The summed E-state index contributed by atoms with van der Waals surface area (Å²) >= 11 is 0. The molecule has 2 aromatic carbocycles. The van der Waals surface area contributed by atoms with Crippen LogP contribution in [0.2, 0.25) is 0 Å². The SMILES string of the molecule is COc1ccc(OC)c(NC(=O)c2ccc(Nc3c(F)cccc3F)cn2)c1. The molecule has 0 fully saturated rings. The quantitative estimate of drug-likeness (QED) is 0.659. The molecule has 0 unspecified atom stereocenters. The van der Waals surface area contributed by atoms with Crippen molar-refractivity contribution in [2.75, 3.05) is 24.9 Å². The van der Waals surface area contributed by atoms with Gasteiger partial charge < -0.3 is 20.1 Å². The maximum absolute atomic E-state index is 13.7. The molecule has 8 heteroatoms. The molecule has 0 spiro atoms. The zero-order valence-electron chi connectivity index (χ0n) is 15.1. The molecule has 28 heavy (non-hydrogen) atoms. The summed E-state index contributed by atoms with van der Waals surface area (Å²) in [4.78, 5) is 16.5. The van der Waals surface area contributed by atoms with E-state index >= 15 is 0 Å². The molecular formula is C20H17F2N3O3. The van der Waals surface area contributed by atoms with Crippen molar-refractivity contribution >= 4 is 23.0 Å². The summed E-state index contributed by atoms with van der Waals surface area (Å²) in [5, 5.41) is 5.30. The number of hydrogen-bond acceptors (Lipinski definition) is 5. The molecule has 1 amide bonds. The fourth-order valence-electron chi connectivity index (χ4n) is 2.46. The van der Waals surface area contributed by atoms with E-state index in [4.69, 9.17) is 9.47 Å². The summed E-state index contributed by atoms with van der Waals surface area (Å²) < 4.78 is 37.8. The number of halogens is 2. The van der Waals surface area contributed by atoms with E-state index in [1.54, 1.807) is 18.2 Å². The Morgan fingerprint density at radius 2 is 1.75 bits per heavy atom. The van der Waals surface area contributed by atoms with E-state index in [1.165, 1.54) is 38.6 Å². The molecule has 0 bridgehead atoms. The average molecular weight is 385 g/mol. The number of anilines is 3. The zero-order chi connectivity index (χ0) is 20.1. The van der Waals surface area contributed by atoms with Gasteiger partial charge in [0, 0.05) is 6.07 Å². The van der Waals surface area contributed by atoms with Crippen molar-refractivity contribution in [1.29, 1.82) is 0 Å². The number of amides is 1. The Balaban J connectivity index is 1.76. The molecule has 0 aliphatic rings. The van der Waals surface area contributed by atoms with Gasteiger partial charge in [-0.05, 0) is 36.4 Å². The number of nitrogens with zero attached hydrogens (tertiary/aromatic N) is 1. The van der Waals surface area contributed by atoms with Crippen LogP contribution in [0.3, 0.4) is 0 Å². The number of para-hydroxylation sites is 1. The Hall–Kier alpha value is -3.68. The lowest BCUT2D eigenvalue weighted by atomic mass is 10.2. The number of nitrogens with one attached hydrogen (secondary N) is 2. The normalized spacial score (nSPS) is 10.3. The summed E-state index contributed by atoms with van der Waals surface area (Å²) in [6.45, 7) is 0. The summed E-state index contributed by atoms with van der Waals surface area (Å²) in [5.74, 6) is -0.924. The van der Waals surface area contributed by atoms with Crippen LogP contribution in [0.25, 0.3) is 0 Å². The van der Waals surface area contributed by atoms with E-state index in [9.17, 15) is 13.6 Å². The summed E-state index contributed by atoms with van der Waals surface area (Å²) in [6.07, 6.45) is 1.31. The second-order valence-electron chi connectivity index (χ2n) is 5.67. The van der Waals surface area contributed by atoms with E-state index in [0.29, 0.717) is 22.9 Å². The van der Waals surface area contributed by atoms with Gasteiger partial charge in [0.05, 0.1) is 31.8 Å². The van der Waals surface area contributed by atoms with Crippen LogP contribution in [0, 0.1) is 11.6 Å². The molecule has 0 saturated carbocycles. The fraction of sp³-hybridized carbons (Fsp3) is 0.100. The highest BCUT2D eigenvalue weighted by molar-refractivity contribution is 6.03. The van der Waals surface area contributed by atoms with Crippen LogP contribution in [0.4, 0.5) is 25.8 Å². The number of ether oxygens (including phenoxy) is 2. The predicted molar refractivity (Wildman–Crippen MR) is 101 cm³/mol.